The van der Waals surface area contributed by atoms with Gasteiger partial charge in [0.2, 0.25) is 11.5 Å². The number of H-pyrrole nitrogens is 1. The fraction of sp³-hybridized carbons (Fsp3) is 0.293. The van der Waals surface area contributed by atoms with Crippen LogP contribution in [-0.4, -0.2) is 66.4 Å². The van der Waals surface area contributed by atoms with Crippen molar-refractivity contribution in [3.8, 4) is 16.9 Å². The van der Waals surface area contributed by atoms with Crippen LogP contribution < -0.4 is 26.6 Å². The van der Waals surface area contributed by atoms with Gasteiger partial charge in [0.05, 0.1) is 44.7 Å². The summed E-state index contributed by atoms with van der Waals surface area (Å²) in [6.07, 6.45) is 0.525. The zero-order valence-electron chi connectivity index (χ0n) is 29.8. The Balaban J connectivity index is 1.02. The molecule has 1 atom stereocenters. The molecule has 53 heavy (non-hydrogen) atoms. The molecule has 0 unspecified atom stereocenters. The van der Waals surface area contributed by atoms with Gasteiger partial charge in [-0.25, -0.2) is 9.18 Å². The van der Waals surface area contributed by atoms with E-state index in [0.717, 1.165) is 47.1 Å². The molecule has 6 rings (SSSR count). The third-order valence-electron chi connectivity index (χ3n) is 9.66. The van der Waals surface area contributed by atoms with Crippen LogP contribution in [0.4, 0.5) is 20.6 Å². The molecular weight excluding hydrogens is 677 g/mol. The van der Waals surface area contributed by atoms with E-state index >= 15 is 4.39 Å². The first-order valence-corrected chi connectivity index (χ1v) is 17.7. The van der Waals surface area contributed by atoms with Gasteiger partial charge < -0.3 is 35.1 Å². The number of rotatable bonds is 12. The number of aliphatic hydroxyl groups excluding tert-OH is 1. The topological polar surface area (TPSA) is 156 Å². The Hall–Kier alpha value is -5.56. The van der Waals surface area contributed by atoms with Crippen molar-refractivity contribution < 1.29 is 33.4 Å². The van der Waals surface area contributed by atoms with Crippen molar-refractivity contribution in [3.05, 3.63) is 124 Å². The molecule has 1 aromatic heterocycles. The number of aryl methyl sites for hydroxylation is 1. The van der Waals surface area contributed by atoms with Crippen molar-refractivity contribution in [2.24, 2.45) is 0 Å². The summed E-state index contributed by atoms with van der Waals surface area (Å²) < 4.78 is 21.7. The Bertz CT molecular complexity index is 2140. The summed E-state index contributed by atoms with van der Waals surface area (Å²) in [5, 5.41) is 32.0. The predicted molar refractivity (Wildman–Crippen MR) is 201 cm³/mol. The number of carbonyl (C=O) groups excluding carboxylic acids is 2. The maximum absolute atomic E-state index is 15.0. The molecule has 5 N–H and O–H groups in total. The molecule has 1 saturated heterocycles. The number of aromatic nitrogens is 1. The van der Waals surface area contributed by atoms with Crippen molar-refractivity contribution in [3.63, 3.8) is 0 Å². The molecule has 12 heteroatoms. The van der Waals surface area contributed by atoms with Gasteiger partial charge in [-0.1, -0.05) is 60.3 Å². The van der Waals surface area contributed by atoms with E-state index in [0.29, 0.717) is 28.6 Å². The molecule has 0 radical (unpaired) electrons. The van der Waals surface area contributed by atoms with E-state index in [2.05, 4.69) is 35.0 Å². The summed E-state index contributed by atoms with van der Waals surface area (Å²) in [6, 6.07) is 25.4. The van der Waals surface area contributed by atoms with Crippen LogP contribution in [0.1, 0.15) is 42.1 Å². The lowest BCUT2D eigenvalue weighted by Crippen LogP contribution is -2.48. The first-order valence-electron chi connectivity index (χ1n) is 17.7. The number of fused-ring (bicyclic) bond motifs is 1. The molecule has 276 valence electrons. The van der Waals surface area contributed by atoms with Crippen LogP contribution >= 0.6 is 0 Å². The van der Waals surface area contributed by atoms with Gasteiger partial charge in [-0.2, -0.15) is 0 Å². The van der Waals surface area contributed by atoms with Gasteiger partial charge in [-0.3, -0.25) is 14.9 Å². The van der Waals surface area contributed by atoms with E-state index in [1.165, 1.54) is 36.4 Å². The average molecular weight is 722 g/mol. The van der Waals surface area contributed by atoms with E-state index in [1.54, 1.807) is 6.07 Å². The Morgan fingerprint density at radius 2 is 1.68 bits per heavy atom. The average Bonchev–Trinajstić information content (AvgIpc) is 3.14. The Morgan fingerprint density at radius 1 is 0.943 bits per heavy atom. The molecule has 11 nitrogen and oxygen atoms in total. The number of ether oxygens (including phenoxy) is 1. The fourth-order valence-corrected chi connectivity index (χ4v) is 6.61. The quantitative estimate of drug-likeness (QED) is 0.105. The van der Waals surface area contributed by atoms with Gasteiger partial charge in [-0.05, 0) is 59.0 Å². The highest BCUT2D eigenvalue weighted by Gasteiger charge is 2.28. The number of aromatic amines is 1. The molecule has 2 amide bonds. The number of anilines is 2. The summed E-state index contributed by atoms with van der Waals surface area (Å²) in [7, 11) is 4.35. The van der Waals surface area contributed by atoms with Crippen molar-refractivity contribution in [2.45, 2.75) is 44.4 Å². The van der Waals surface area contributed by atoms with E-state index in [9.17, 15) is 24.6 Å². The molecule has 5 aromatic rings. The number of pyridine rings is 1. The van der Waals surface area contributed by atoms with Gasteiger partial charge in [0.15, 0.2) is 0 Å². The van der Waals surface area contributed by atoms with Crippen LogP contribution in [0.5, 0.6) is 5.75 Å². The maximum atomic E-state index is 15.0. The minimum absolute atomic E-state index is 0.0560. The van der Waals surface area contributed by atoms with Crippen molar-refractivity contribution in [1.82, 2.24) is 10.3 Å². The summed E-state index contributed by atoms with van der Waals surface area (Å²) in [4.78, 5) is 40.0. The van der Waals surface area contributed by atoms with Crippen LogP contribution in [-0.2, 0) is 22.5 Å². The first-order chi connectivity index (χ1) is 25.4. The second kappa shape index (κ2) is 16.4. The first kappa shape index (κ1) is 37.2. The third kappa shape index (κ3) is 9.66. The highest BCUT2D eigenvalue weighted by Crippen LogP contribution is 2.31. The number of piperidine rings is 1. The second-order valence-corrected chi connectivity index (χ2v) is 14.1. The number of halogens is 1. The number of benzene rings is 4. The smallest absolute Gasteiger partial charge is 0.411 e. The number of likely N-dealkylation sites (tertiary alicyclic amines) is 1. The van der Waals surface area contributed by atoms with E-state index in [4.69, 9.17) is 4.74 Å². The number of quaternary nitrogens is 1. The highest BCUT2D eigenvalue weighted by molar-refractivity contribution is 5.93. The second-order valence-electron chi connectivity index (χ2n) is 14.1. The van der Waals surface area contributed by atoms with Gasteiger partial charge in [0.1, 0.15) is 11.9 Å². The molecule has 0 saturated carbocycles. The lowest BCUT2D eigenvalue weighted by Gasteiger charge is -2.36. The van der Waals surface area contributed by atoms with Gasteiger partial charge in [0, 0.05) is 54.9 Å². The fourth-order valence-electron chi connectivity index (χ4n) is 6.61. The number of nitrogens with zero attached hydrogens (tertiary/aromatic N) is 1. The molecular formula is C41H44FN5O6. The predicted octanol–water partition coefficient (Wildman–Crippen LogP) is 5.59. The monoisotopic (exact) mass is 721 g/mol. The number of aliphatic hydroxyl groups is 1. The van der Waals surface area contributed by atoms with Crippen LogP contribution in [0.2, 0.25) is 0 Å². The number of nitrogens with one attached hydrogen (secondary N) is 4. The number of hydrogen-bond acceptors (Lipinski definition) is 7. The van der Waals surface area contributed by atoms with Gasteiger partial charge in [-0.15, -0.1) is 0 Å². The summed E-state index contributed by atoms with van der Waals surface area (Å²) >= 11 is 0. The zero-order chi connectivity index (χ0) is 37.5. The lowest BCUT2D eigenvalue weighted by atomic mass is 9.99. The molecule has 1 aliphatic heterocycles. The molecule has 0 bridgehead atoms. The van der Waals surface area contributed by atoms with E-state index < -0.39 is 23.6 Å². The Kier molecular flexibility index (Phi) is 11.5. The van der Waals surface area contributed by atoms with Gasteiger partial charge >= 0.3 is 6.09 Å². The van der Waals surface area contributed by atoms with Crippen LogP contribution in [0, 0.1) is 5.82 Å². The largest absolute Gasteiger partial charge is 0.871 e. The van der Waals surface area contributed by atoms with Crippen LogP contribution in [0.3, 0.4) is 0 Å². The van der Waals surface area contributed by atoms with E-state index in [1.807, 2.05) is 48.5 Å². The molecule has 2 heterocycles. The normalized spacial score (nSPS) is 14.8. The van der Waals surface area contributed by atoms with Crippen molar-refractivity contribution in [1.29, 1.82) is 0 Å². The zero-order valence-corrected chi connectivity index (χ0v) is 29.8. The Labute approximate surface area is 307 Å². The summed E-state index contributed by atoms with van der Waals surface area (Å²) in [5.74, 6) is -1.29. The van der Waals surface area contributed by atoms with E-state index in [-0.39, 0.29) is 48.5 Å². The van der Waals surface area contributed by atoms with Crippen molar-refractivity contribution >= 4 is 34.3 Å². The molecule has 0 aliphatic carbocycles. The molecule has 0 spiro atoms. The number of carbonyl (C=O) groups is 2. The lowest BCUT2D eigenvalue weighted by molar-refractivity contribution is -0.896. The third-order valence-corrected chi connectivity index (χ3v) is 9.66. The maximum Gasteiger partial charge on any atom is 0.411 e. The number of amides is 2. The Morgan fingerprint density at radius 3 is 2.43 bits per heavy atom. The molecule has 4 aromatic carbocycles. The minimum Gasteiger partial charge on any atom is -0.871 e. The minimum atomic E-state index is -0.987. The summed E-state index contributed by atoms with van der Waals surface area (Å²) in [6.45, 7) is 2.24. The summed E-state index contributed by atoms with van der Waals surface area (Å²) in [5.41, 5.74) is 4.05. The van der Waals surface area contributed by atoms with Crippen LogP contribution in [0.15, 0.2) is 95.8 Å². The van der Waals surface area contributed by atoms with Crippen LogP contribution in [0.25, 0.3) is 22.0 Å². The number of hydrogen-bond donors (Lipinski definition) is 5. The van der Waals surface area contributed by atoms with Gasteiger partial charge in [0.25, 0.3) is 0 Å². The standard InChI is InChI=1S/C41H44FN5O6/c1-47(2)20-18-29(19-21-47)53-41(52)45-34-13-8-26(22-32(34)28-6-4-3-5-7-28)10-16-38(50)44-35-14-9-27(23-33(35)42)24-43-25-37(49)30-11-15-36(48)40-31(30)12-17-39(51)46-40/h3-9,11-15,17,22-23,29,37,43,49H,10,16,18-21,24-25H2,1-2H3,(H3-,44,45,46,48,50,51,52)/t37-/m0/s1. The molecule has 1 aliphatic rings. The molecule has 1 fully saturated rings. The highest BCUT2D eigenvalue weighted by atomic mass is 19.1. The SMILES string of the molecule is C[N+]1(C)CCC(OC(=O)Nc2ccc(CCC(=O)Nc3ccc(CNC[C@H](O)c4ccc([O-])c5[nH]c(=O)ccc45)cc3F)cc2-c2ccccc2)CC1. The van der Waals surface area contributed by atoms with Crippen molar-refractivity contribution in [2.75, 3.05) is 44.4 Å².